The van der Waals surface area contributed by atoms with E-state index in [1.807, 2.05) is 0 Å². The maximum atomic E-state index is 11.3. The molecule has 0 aliphatic carbocycles. The van der Waals surface area contributed by atoms with Crippen LogP contribution in [0, 0.1) is 6.92 Å². The molecule has 2 aromatic rings. The van der Waals surface area contributed by atoms with Gasteiger partial charge < -0.3 is 10.7 Å². The van der Waals surface area contributed by atoms with Crippen molar-refractivity contribution >= 4 is 29.2 Å². The Morgan fingerprint density at radius 3 is 2.94 bits per heavy atom. The summed E-state index contributed by atoms with van der Waals surface area (Å²) in [6.45, 7) is 1.73. The van der Waals surface area contributed by atoms with Crippen LogP contribution in [0.2, 0.25) is 5.02 Å². The zero-order valence-corrected chi connectivity index (χ0v) is 10.3. The van der Waals surface area contributed by atoms with Crippen molar-refractivity contribution in [3.8, 4) is 0 Å². The highest BCUT2D eigenvalue weighted by atomic mass is 35.5. The van der Waals surface area contributed by atoms with Crippen molar-refractivity contribution in [1.29, 1.82) is 0 Å². The van der Waals surface area contributed by atoms with Crippen molar-refractivity contribution in [3.63, 3.8) is 0 Å². The fourth-order valence-corrected chi connectivity index (χ4v) is 2.16. The van der Waals surface area contributed by atoms with E-state index in [1.165, 1.54) is 12.4 Å². The largest absolute Gasteiger partial charge is 0.382 e. The van der Waals surface area contributed by atoms with Gasteiger partial charge in [0.05, 0.1) is 0 Å². The second-order valence-corrected chi connectivity index (χ2v) is 4.53. The Hall–Kier alpha value is -1.60. The van der Waals surface area contributed by atoms with E-state index < -0.39 is 0 Å². The number of nitrogens with two attached hydrogens (primary N) is 1. The lowest BCUT2D eigenvalue weighted by Gasteiger charge is -2.03. The number of anilines is 1. The number of nitrogens with zero attached hydrogens (tertiary/aromatic N) is 3. The first kappa shape index (κ1) is 11.9. The van der Waals surface area contributed by atoms with Gasteiger partial charge in [-0.3, -0.25) is 4.79 Å². The number of nitrogen functional groups attached to an aromatic ring is 1. The molecule has 0 unspecified atom stereocenters. The maximum absolute atomic E-state index is 11.3. The van der Waals surface area contributed by atoms with Gasteiger partial charge in [0.2, 0.25) is 0 Å². The normalized spacial score (nSPS) is 10.5. The fourth-order valence-electron chi connectivity index (χ4n) is 1.13. The molecule has 2 rings (SSSR count). The maximum Gasteiger partial charge on any atom is 0.251 e. The predicted molar refractivity (Wildman–Crippen MR) is 65.2 cm³/mol. The van der Waals surface area contributed by atoms with Gasteiger partial charge in [0.1, 0.15) is 22.2 Å². The molecular weight excluding hydrogens is 262 g/mol. The van der Waals surface area contributed by atoms with Crippen LogP contribution in [-0.4, -0.2) is 19.9 Å². The molecule has 3 N–H and O–H groups in total. The molecule has 0 amide bonds. The third kappa shape index (κ3) is 2.75. The van der Waals surface area contributed by atoms with Crippen LogP contribution < -0.4 is 11.3 Å². The number of halogens is 1. The van der Waals surface area contributed by atoms with Crippen LogP contribution in [0.15, 0.2) is 27.4 Å². The summed E-state index contributed by atoms with van der Waals surface area (Å²) in [7, 11) is 0. The molecule has 0 fully saturated rings. The Labute approximate surface area is 106 Å². The van der Waals surface area contributed by atoms with E-state index in [2.05, 4.69) is 19.9 Å². The SMILES string of the molecule is Cc1cc(=O)[nH]c(Sc2ncnc(N)c2Cl)n1. The van der Waals surface area contributed by atoms with Crippen LogP contribution in [0.5, 0.6) is 0 Å². The topological polar surface area (TPSA) is 97.5 Å². The highest BCUT2D eigenvalue weighted by Gasteiger charge is 2.10. The molecule has 0 aliphatic heterocycles. The van der Waals surface area contributed by atoms with Crippen molar-refractivity contribution < 1.29 is 0 Å². The second kappa shape index (κ2) is 4.72. The number of H-pyrrole nitrogens is 1. The Morgan fingerprint density at radius 1 is 1.47 bits per heavy atom. The summed E-state index contributed by atoms with van der Waals surface area (Å²) < 4.78 is 0. The minimum Gasteiger partial charge on any atom is -0.382 e. The smallest absolute Gasteiger partial charge is 0.251 e. The lowest BCUT2D eigenvalue weighted by molar-refractivity contribution is 0.900. The zero-order valence-electron chi connectivity index (χ0n) is 8.77. The molecule has 0 spiro atoms. The zero-order chi connectivity index (χ0) is 12.4. The summed E-state index contributed by atoms with van der Waals surface area (Å²) in [5, 5.41) is 1.12. The molecule has 0 aliphatic rings. The quantitative estimate of drug-likeness (QED) is 0.629. The fraction of sp³-hybridized carbons (Fsp3) is 0.111. The van der Waals surface area contributed by atoms with E-state index in [1.54, 1.807) is 6.92 Å². The highest BCUT2D eigenvalue weighted by Crippen LogP contribution is 2.31. The van der Waals surface area contributed by atoms with Gasteiger partial charge in [-0.2, -0.15) is 0 Å². The average molecular weight is 270 g/mol. The summed E-state index contributed by atoms with van der Waals surface area (Å²) in [5.41, 5.74) is 5.94. The summed E-state index contributed by atoms with van der Waals surface area (Å²) in [4.78, 5) is 25.7. The van der Waals surface area contributed by atoms with Crippen molar-refractivity contribution in [1.82, 2.24) is 19.9 Å². The number of rotatable bonds is 2. The van der Waals surface area contributed by atoms with Crippen LogP contribution in [0.3, 0.4) is 0 Å². The van der Waals surface area contributed by atoms with Crippen LogP contribution in [0.25, 0.3) is 0 Å². The lowest BCUT2D eigenvalue weighted by Crippen LogP contribution is -2.08. The van der Waals surface area contributed by atoms with Gasteiger partial charge in [-0.1, -0.05) is 11.6 Å². The second-order valence-electron chi connectivity index (χ2n) is 3.17. The molecule has 2 heterocycles. The van der Waals surface area contributed by atoms with Crippen LogP contribution in [0.1, 0.15) is 5.69 Å². The minimum atomic E-state index is -0.224. The van der Waals surface area contributed by atoms with E-state index in [-0.39, 0.29) is 16.4 Å². The number of hydrogen-bond donors (Lipinski definition) is 2. The van der Waals surface area contributed by atoms with Gasteiger partial charge in [0.25, 0.3) is 5.56 Å². The molecule has 17 heavy (non-hydrogen) atoms. The summed E-state index contributed by atoms with van der Waals surface area (Å²) in [6, 6.07) is 1.40. The van der Waals surface area contributed by atoms with E-state index >= 15 is 0 Å². The van der Waals surface area contributed by atoms with Crippen molar-refractivity contribution in [2.24, 2.45) is 0 Å². The first-order valence-corrected chi connectivity index (χ1v) is 5.77. The molecule has 0 aromatic carbocycles. The standard InChI is InChI=1S/C9H8ClN5OS/c1-4-2-5(16)15-9(14-4)17-8-6(10)7(11)12-3-13-8/h2-3H,1H3,(H2,11,12,13)(H,14,15,16). The molecule has 0 bridgehead atoms. The summed E-state index contributed by atoms with van der Waals surface area (Å²) in [5.74, 6) is 0.194. The molecular formula is C9H8ClN5OS. The van der Waals surface area contributed by atoms with Gasteiger partial charge in [-0.25, -0.2) is 15.0 Å². The molecule has 0 saturated carbocycles. The molecule has 6 nitrogen and oxygen atoms in total. The number of hydrogen-bond acceptors (Lipinski definition) is 6. The molecule has 2 aromatic heterocycles. The first-order chi connectivity index (χ1) is 8.06. The molecule has 0 saturated heterocycles. The number of aromatic nitrogens is 4. The Morgan fingerprint density at radius 2 is 2.24 bits per heavy atom. The van der Waals surface area contributed by atoms with E-state index in [4.69, 9.17) is 17.3 Å². The van der Waals surface area contributed by atoms with Crippen LogP contribution >= 0.6 is 23.4 Å². The molecule has 88 valence electrons. The monoisotopic (exact) mass is 269 g/mol. The highest BCUT2D eigenvalue weighted by molar-refractivity contribution is 7.99. The van der Waals surface area contributed by atoms with E-state index in [9.17, 15) is 4.79 Å². The van der Waals surface area contributed by atoms with Crippen molar-refractivity contribution in [2.45, 2.75) is 17.1 Å². The third-order valence-corrected chi connectivity index (χ3v) is 3.20. The Kier molecular flexibility index (Phi) is 3.30. The van der Waals surface area contributed by atoms with Gasteiger partial charge in [0, 0.05) is 11.8 Å². The Bertz CT molecular complexity index is 615. The summed E-state index contributed by atoms with van der Waals surface area (Å²) in [6.07, 6.45) is 1.30. The Balaban J connectivity index is 2.38. The van der Waals surface area contributed by atoms with E-state index in [0.717, 1.165) is 11.8 Å². The van der Waals surface area contributed by atoms with Crippen molar-refractivity contribution in [2.75, 3.05) is 5.73 Å². The molecule has 0 radical (unpaired) electrons. The lowest BCUT2D eigenvalue weighted by atomic mass is 10.5. The molecule has 8 heteroatoms. The van der Waals surface area contributed by atoms with Gasteiger partial charge in [-0.05, 0) is 18.7 Å². The third-order valence-electron chi connectivity index (χ3n) is 1.83. The number of aryl methyl sites for hydroxylation is 1. The molecule has 0 atom stereocenters. The number of aromatic amines is 1. The van der Waals surface area contributed by atoms with Crippen LogP contribution in [0.4, 0.5) is 5.82 Å². The first-order valence-electron chi connectivity index (χ1n) is 4.58. The average Bonchev–Trinajstić information content (AvgIpc) is 2.23. The van der Waals surface area contributed by atoms with Crippen molar-refractivity contribution in [3.05, 3.63) is 33.5 Å². The van der Waals surface area contributed by atoms with Gasteiger partial charge in [0.15, 0.2) is 5.16 Å². The minimum absolute atomic E-state index is 0.194. The van der Waals surface area contributed by atoms with Gasteiger partial charge >= 0.3 is 0 Å². The van der Waals surface area contributed by atoms with E-state index in [0.29, 0.717) is 15.9 Å². The predicted octanol–water partition coefficient (Wildman–Crippen LogP) is 1.26. The van der Waals surface area contributed by atoms with Crippen LogP contribution in [-0.2, 0) is 0 Å². The number of nitrogens with one attached hydrogen (secondary N) is 1. The summed E-state index contributed by atoms with van der Waals surface area (Å²) >= 11 is 7.06. The van der Waals surface area contributed by atoms with Gasteiger partial charge in [-0.15, -0.1) is 0 Å².